The van der Waals surface area contributed by atoms with Crippen LogP contribution in [0.1, 0.15) is 45.2 Å². The van der Waals surface area contributed by atoms with Crippen LogP contribution in [0, 0.1) is 0 Å². The molecule has 1 unspecified atom stereocenters. The highest BCUT2D eigenvalue weighted by molar-refractivity contribution is 5.57. The summed E-state index contributed by atoms with van der Waals surface area (Å²) >= 11 is 0. The van der Waals surface area contributed by atoms with Crippen LogP contribution in [-0.4, -0.2) is 19.1 Å². The lowest BCUT2D eigenvalue weighted by molar-refractivity contribution is 0.514. The molecule has 1 heterocycles. The van der Waals surface area contributed by atoms with Crippen molar-refractivity contribution in [1.29, 1.82) is 0 Å². The third kappa shape index (κ3) is 2.32. The number of para-hydroxylation sites is 1. The van der Waals surface area contributed by atoms with Crippen molar-refractivity contribution in [1.82, 2.24) is 5.32 Å². The maximum atomic E-state index is 3.35. The van der Waals surface area contributed by atoms with Gasteiger partial charge in [0.2, 0.25) is 0 Å². The summed E-state index contributed by atoms with van der Waals surface area (Å²) < 4.78 is 0. The molecule has 2 nitrogen and oxygen atoms in total. The normalized spacial score (nSPS) is 20.6. The van der Waals surface area contributed by atoms with Gasteiger partial charge in [0.1, 0.15) is 0 Å². The van der Waals surface area contributed by atoms with Crippen LogP contribution < -0.4 is 10.2 Å². The molecule has 1 aliphatic rings. The van der Waals surface area contributed by atoms with Crippen LogP contribution >= 0.6 is 0 Å². The topological polar surface area (TPSA) is 15.3 Å². The van der Waals surface area contributed by atoms with Crippen molar-refractivity contribution in [3.63, 3.8) is 0 Å². The van der Waals surface area contributed by atoms with E-state index in [0.29, 0.717) is 11.6 Å². The summed E-state index contributed by atoms with van der Waals surface area (Å²) in [5.74, 6) is 0. The molecule has 0 amide bonds. The molecule has 17 heavy (non-hydrogen) atoms. The highest BCUT2D eigenvalue weighted by Crippen LogP contribution is 2.37. The van der Waals surface area contributed by atoms with Crippen LogP contribution in [-0.2, 0) is 0 Å². The van der Waals surface area contributed by atoms with Crippen LogP contribution in [0.2, 0.25) is 0 Å². The van der Waals surface area contributed by atoms with Crippen LogP contribution in [0.15, 0.2) is 24.3 Å². The van der Waals surface area contributed by atoms with E-state index in [1.165, 1.54) is 30.6 Å². The zero-order chi connectivity index (χ0) is 12.5. The molecule has 1 aromatic rings. The first-order valence-electron chi connectivity index (χ1n) is 6.60. The lowest BCUT2D eigenvalue weighted by Gasteiger charge is -2.36. The first kappa shape index (κ1) is 12.4. The highest BCUT2D eigenvalue weighted by Gasteiger charge is 2.33. The molecule has 2 rings (SSSR count). The molecule has 0 radical (unpaired) electrons. The van der Waals surface area contributed by atoms with E-state index in [1.807, 2.05) is 7.05 Å². The average molecular weight is 232 g/mol. The fourth-order valence-electron chi connectivity index (χ4n) is 2.81. The maximum absolute atomic E-state index is 3.35. The quantitative estimate of drug-likeness (QED) is 0.860. The Bertz CT molecular complexity index is 384. The fraction of sp³-hybridized carbons (Fsp3) is 0.600. The maximum Gasteiger partial charge on any atom is 0.0419 e. The Kier molecular flexibility index (Phi) is 3.43. The second-order valence-electron chi connectivity index (χ2n) is 5.64. The number of benzene rings is 1. The molecule has 1 saturated heterocycles. The fourth-order valence-corrected chi connectivity index (χ4v) is 2.81. The first-order chi connectivity index (χ1) is 8.06. The van der Waals surface area contributed by atoms with Gasteiger partial charge in [-0.25, -0.2) is 0 Å². The Labute approximate surface area is 105 Å². The molecule has 1 aliphatic heterocycles. The van der Waals surface area contributed by atoms with Gasteiger partial charge in [0, 0.05) is 23.8 Å². The van der Waals surface area contributed by atoms with Gasteiger partial charge in [-0.2, -0.15) is 0 Å². The van der Waals surface area contributed by atoms with E-state index >= 15 is 0 Å². The van der Waals surface area contributed by atoms with Crippen LogP contribution in [0.4, 0.5) is 5.69 Å². The number of nitrogens with zero attached hydrogens (tertiary/aromatic N) is 1. The summed E-state index contributed by atoms with van der Waals surface area (Å²) in [4.78, 5) is 2.57. The van der Waals surface area contributed by atoms with Crippen molar-refractivity contribution in [3.05, 3.63) is 29.8 Å². The summed E-state index contributed by atoms with van der Waals surface area (Å²) in [5.41, 5.74) is 3.10. The van der Waals surface area contributed by atoms with Gasteiger partial charge in [0.05, 0.1) is 0 Å². The molecule has 0 spiro atoms. The molecule has 0 bridgehead atoms. The summed E-state index contributed by atoms with van der Waals surface area (Å²) in [5, 5.41) is 3.35. The smallest absolute Gasteiger partial charge is 0.0419 e. The summed E-state index contributed by atoms with van der Waals surface area (Å²) in [6.07, 6.45) is 2.59. The molecule has 1 aromatic carbocycles. The number of hydrogen-bond acceptors (Lipinski definition) is 2. The molecule has 0 aliphatic carbocycles. The van der Waals surface area contributed by atoms with Gasteiger partial charge in [0.15, 0.2) is 0 Å². The molecule has 0 saturated carbocycles. The van der Waals surface area contributed by atoms with Crippen molar-refractivity contribution < 1.29 is 0 Å². The number of hydrogen-bond donors (Lipinski definition) is 1. The minimum atomic E-state index is 0.295. The molecule has 1 atom stereocenters. The van der Waals surface area contributed by atoms with Gasteiger partial charge in [-0.1, -0.05) is 18.2 Å². The standard InChI is InChI=1S/C15H24N2/c1-12(16-4)13-8-5-6-9-14(13)17-11-7-10-15(17,2)3/h5-6,8-9,12,16H,7,10-11H2,1-4H3. The number of rotatable bonds is 3. The van der Waals surface area contributed by atoms with E-state index in [9.17, 15) is 0 Å². The average Bonchev–Trinajstić information content (AvgIpc) is 2.68. The molecular weight excluding hydrogens is 208 g/mol. The van der Waals surface area contributed by atoms with Crippen LogP contribution in [0.25, 0.3) is 0 Å². The van der Waals surface area contributed by atoms with Crippen molar-refractivity contribution in [2.24, 2.45) is 0 Å². The predicted octanol–water partition coefficient (Wildman–Crippen LogP) is 3.35. The Hall–Kier alpha value is -1.02. The molecule has 1 N–H and O–H groups in total. The predicted molar refractivity (Wildman–Crippen MR) is 74.6 cm³/mol. The third-order valence-corrected chi connectivity index (χ3v) is 4.03. The van der Waals surface area contributed by atoms with E-state index < -0.39 is 0 Å². The molecule has 0 aromatic heterocycles. The van der Waals surface area contributed by atoms with Crippen molar-refractivity contribution in [2.75, 3.05) is 18.5 Å². The van der Waals surface area contributed by atoms with Crippen LogP contribution in [0.5, 0.6) is 0 Å². The largest absolute Gasteiger partial charge is 0.366 e. The van der Waals surface area contributed by atoms with E-state index in [-0.39, 0.29) is 0 Å². The molecular formula is C15H24N2. The molecule has 1 fully saturated rings. The van der Waals surface area contributed by atoms with Gasteiger partial charge in [-0.3, -0.25) is 0 Å². The van der Waals surface area contributed by atoms with Crippen LogP contribution in [0.3, 0.4) is 0 Å². The SMILES string of the molecule is CNC(C)c1ccccc1N1CCCC1(C)C. The van der Waals surface area contributed by atoms with Gasteiger partial charge < -0.3 is 10.2 Å². The Morgan fingerprint density at radius 3 is 2.59 bits per heavy atom. The second kappa shape index (κ2) is 4.69. The Balaban J connectivity index is 2.38. The lowest BCUT2D eigenvalue weighted by atomic mass is 9.99. The van der Waals surface area contributed by atoms with Gasteiger partial charge in [-0.05, 0) is 52.3 Å². The molecule has 2 heteroatoms. The number of anilines is 1. The van der Waals surface area contributed by atoms with Crippen molar-refractivity contribution in [3.8, 4) is 0 Å². The second-order valence-corrected chi connectivity index (χ2v) is 5.64. The van der Waals surface area contributed by atoms with Gasteiger partial charge in [-0.15, -0.1) is 0 Å². The van der Waals surface area contributed by atoms with E-state index in [2.05, 4.69) is 55.3 Å². The Morgan fingerprint density at radius 1 is 1.29 bits per heavy atom. The number of nitrogens with one attached hydrogen (secondary N) is 1. The summed E-state index contributed by atoms with van der Waals surface area (Å²) in [6.45, 7) is 8.10. The monoisotopic (exact) mass is 232 g/mol. The van der Waals surface area contributed by atoms with Crippen molar-refractivity contribution in [2.45, 2.75) is 45.2 Å². The van der Waals surface area contributed by atoms with Gasteiger partial charge >= 0.3 is 0 Å². The first-order valence-corrected chi connectivity index (χ1v) is 6.60. The third-order valence-electron chi connectivity index (χ3n) is 4.03. The lowest BCUT2D eigenvalue weighted by Crippen LogP contribution is -2.39. The summed E-state index contributed by atoms with van der Waals surface area (Å²) in [6, 6.07) is 9.19. The minimum Gasteiger partial charge on any atom is -0.366 e. The van der Waals surface area contributed by atoms with E-state index in [1.54, 1.807) is 0 Å². The van der Waals surface area contributed by atoms with Gasteiger partial charge in [0.25, 0.3) is 0 Å². The Morgan fingerprint density at radius 2 is 2.00 bits per heavy atom. The minimum absolute atomic E-state index is 0.295. The zero-order valence-electron chi connectivity index (χ0n) is 11.5. The van der Waals surface area contributed by atoms with E-state index in [4.69, 9.17) is 0 Å². The van der Waals surface area contributed by atoms with Crippen molar-refractivity contribution >= 4 is 5.69 Å². The highest BCUT2D eigenvalue weighted by atomic mass is 15.2. The summed E-state index contributed by atoms with van der Waals surface area (Å²) in [7, 11) is 2.02. The molecule has 94 valence electrons. The zero-order valence-corrected chi connectivity index (χ0v) is 11.5. The van der Waals surface area contributed by atoms with E-state index in [0.717, 1.165) is 0 Å².